The molecule has 1 aliphatic carbocycles. The lowest BCUT2D eigenvalue weighted by Crippen LogP contribution is -2.38. The summed E-state index contributed by atoms with van der Waals surface area (Å²) < 4.78 is 38.3. The molecule has 2 aromatic carbocycles. The summed E-state index contributed by atoms with van der Waals surface area (Å²) in [5.41, 5.74) is 5.31. The molecule has 2 fully saturated rings. The van der Waals surface area contributed by atoms with Crippen LogP contribution < -0.4 is 14.4 Å². The summed E-state index contributed by atoms with van der Waals surface area (Å²) in [4.78, 5) is 12.0. The Morgan fingerprint density at radius 3 is 2.30 bits per heavy atom. The third-order valence-electron chi connectivity index (χ3n) is 7.79. The zero-order valence-electron chi connectivity index (χ0n) is 23.0. The fourth-order valence-electron chi connectivity index (χ4n) is 5.28. The Morgan fingerprint density at radius 2 is 1.65 bits per heavy atom. The van der Waals surface area contributed by atoms with Gasteiger partial charge in [0.15, 0.2) is 0 Å². The maximum atomic E-state index is 11.9. The van der Waals surface area contributed by atoms with Gasteiger partial charge in [-0.3, -0.25) is 9.67 Å². The summed E-state index contributed by atoms with van der Waals surface area (Å²) in [5.74, 6) is 2.15. The minimum atomic E-state index is -3.16. The van der Waals surface area contributed by atoms with Crippen LogP contribution in [0.1, 0.15) is 31.7 Å². The Bertz CT molecular complexity index is 1600. The van der Waals surface area contributed by atoms with Crippen molar-refractivity contribution in [1.29, 1.82) is 0 Å². The van der Waals surface area contributed by atoms with E-state index in [4.69, 9.17) is 14.5 Å². The van der Waals surface area contributed by atoms with Gasteiger partial charge in [-0.25, -0.2) is 17.7 Å². The predicted octanol–water partition coefficient (Wildman–Crippen LogP) is 4.66. The van der Waals surface area contributed by atoms with Crippen molar-refractivity contribution in [1.82, 2.24) is 24.1 Å². The predicted molar refractivity (Wildman–Crippen MR) is 155 cm³/mol. The Labute approximate surface area is 234 Å². The van der Waals surface area contributed by atoms with Gasteiger partial charge in [0.25, 0.3) is 0 Å². The van der Waals surface area contributed by atoms with Gasteiger partial charge in [0.05, 0.1) is 55.6 Å². The van der Waals surface area contributed by atoms with Gasteiger partial charge in [0.1, 0.15) is 11.5 Å². The quantitative estimate of drug-likeness (QED) is 0.290. The Morgan fingerprint density at radius 1 is 0.925 bits per heavy atom. The first-order chi connectivity index (χ1) is 19.3. The molecule has 1 saturated carbocycles. The lowest BCUT2D eigenvalue weighted by atomic mass is 10.1. The van der Waals surface area contributed by atoms with E-state index in [-0.39, 0.29) is 6.04 Å². The van der Waals surface area contributed by atoms with Gasteiger partial charge in [0, 0.05) is 61.0 Å². The number of benzene rings is 2. The van der Waals surface area contributed by atoms with E-state index < -0.39 is 10.0 Å². The molecule has 0 atom stereocenters. The number of hydrogen-bond donors (Lipinski definition) is 0. The highest BCUT2D eigenvalue weighted by Gasteiger charge is 2.27. The third kappa shape index (κ3) is 5.62. The largest absolute Gasteiger partial charge is 0.497 e. The zero-order chi connectivity index (χ0) is 27.9. The first kappa shape index (κ1) is 26.5. The molecule has 6 rings (SSSR count). The SMILES string of the molecule is COc1cc(OC)cc(N(CC2CC2)c2ccc3ncc(-c4cnn(C5CCN(S(C)(=O)=O)CC5)c4)nc3c2)c1. The maximum Gasteiger partial charge on any atom is 0.211 e. The molecule has 1 saturated heterocycles. The normalized spacial score (nSPS) is 16.8. The molecule has 0 N–H and O–H groups in total. The van der Waals surface area contributed by atoms with Crippen molar-refractivity contribution in [2.75, 3.05) is 45.0 Å². The highest BCUT2D eigenvalue weighted by atomic mass is 32.2. The number of ether oxygens (including phenoxy) is 2. The number of fused-ring (bicyclic) bond motifs is 1. The molecule has 2 aliphatic rings. The highest BCUT2D eigenvalue weighted by Crippen LogP contribution is 2.39. The lowest BCUT2D eigenvalue weighted by molar-refractivity contribution is 0.262. The summed E-state index contributed by atoms with van der Waals surface area (Å²) in [6.45, 7) is 1.92. The Kier molecular flexibility index (Phi) is 7.09. The van der Waals surface area contributed by atoms with Crippen molar-refractivity contribution in [2.24, 2.45) is 5.92 Å². The van der Waals surface area contributed by atoms with Gasteiger partial charge in [0.2, 0.25) is 10.0 Å². The van der Waals surface area contributed by atoms with Gasteiger partial charge in [-0.1, -0.05) is 0 Å². The minimum absolute atomic E-state index is 0.155. The van der Waals surface area contributed by atoms with Crippen LogP contribution in [0, 0.1) is 5.92 Å². The third-order valence-corrected chi connectivity index (χ3v) is 9.09. The topological polar surface area (TPSA) is 103 Å². The minimum Gasteiger partial charge on any atom is -0.497 e. The number of methoxy groups -OCH3 is 2. The highest BCUT2D eigenvalue weighted by molar-refractivity contribution is 7.88. The van der Waals surface area contributed by atoms with Crippen LogP contribution in [0.15, 0.2) is 55.0 Å². The monoisotopic (exact) mass is 562 g/mol. The molecule has 1 aliphatic heterocycles. The van der Waals surface area contributed by atoms with Crippen LogP contribution in [-0.4, -0.2) is 72.6 Å². The molecule has 0 radical (unpaired) electrons. The number of nitrogens with zero attached hydrogens (tertiary/aromatic N) is 6. The first-order valence-electron chi connectivity index (χ1n) is 13.6. The second-order valence-corrected chi connectivity index (χ2v) is 12.6. The smallest absolute Gasteiger partial charge is 0.211 e. The standard InChI is InChI=1S/C29H34N6O4S/c1-38-25-12-24(13-26(15-25)39-2)34(18-20-4-5-20)23-6-7-27-28(14-23)32-29(17-30-27)21-16-31-35(19-21)22-8-10-33(11-9-22)40(3,36)37/h6-7,12-17,19-20,22H,4-5,8-11,18H2,1-3H3. The van der Waals surface area contributed by atoms with Gasteiger partial charge in [-0.05, 0) is 49.8 Å². The van der Waals surface area contributed by atoms with Crippen molar-refractivity contribution in [2.45, 2.75) is 31.7 Å². The van der Waals surface area contributed by atoms with E-state index in [0.717, 1.165) is 64.6 Å². The second kappa shape index (κ2) is 10.7. The maximum absolute atomic E-state index is 11.9. The number of hydrogen-bond acceptors (Lipinski definition) is 8. The summed E-state index contributed by atoms with van der Waals surface area (Å²) in [6, 6.07) is 12.3. The van der Waals surface area contributed by atoms with Crippen LogP contribution in [-0.2, 0) is 10.0 Å². The average molecular weight is 563 g/mol. The van der Waals surface area contributed by atoms with Crippen molar-refractivity contribution >= 4 is 32.4 Å². The fraction of sp³-hybridized carbons (Fsp3) is 0.414. The molecule has 40 heavy (non-hydrogen) atoms. The van der Waals surface area contributed by atoms with E-state index in [2.05, 4.69) is 27.1 Å². The lowest BCUT2D eigenvalue weighted by Gasteiger charge is -2.30. The molecule has 0 bridgehead atoms. The van der Waals surface area contributed by atoms with Crippen LogP contribution >= 0.6 is 0 Å². The number of rotatable bonds is 9. The van der Waals surface area contributed by atoms with Gasteiger partial charge < -0.3 is 14.4 Å². The van der Waals surface area contributed by atoms with Gasteiger partial charge in [-0.2, -0.15) is 5.10 Å². The van der Waals surface area contributed by atoms with Crippen molar-refractivity contribution in [3.05, 3.63) is 55.0 Å². The summed E-state index contributed by atoms with van der Waals surface area (Å²) >= 11 is 0. The summed E-state index contributed by atoms with van der Waals surface area (Å²) in [7, 11) is 0.170. The molecule has 4 aromatic rings. The van der Waals surface area contributed by atoms with Crippen LogP contribution in [0.4, 0.5) is 11.4 Å². The van der Waals surface area contributed by atoms with Crippen LogP contribution in [0.25, 0.3) is 22.3 Å². The van der Waals surface area contributed by atoms with Gasteiger partial charge in [-0.15, -0.1) is 0 Å². The van der Waals surface area contributed by atoms with Crippen LogP contribution in [0.5, 0.6) is 11.5 Å². The van der Waals surface area contributed by atoms with E-state index >= 15 is 0 Å². The molecule has 2 aromatic heterocycles. The van der Waals surface area contributed by atoms with Crippen molar-refractivity contribution < 1.29 is 17.9 Å². The Hall–Kier alpha value is -3.70. The fourth-order valence-corrected chi connectivity index (χ4v) is 6.16. The molecular weight excluding hydrogens is 528 g/mol. The van der Waals surface area contributed by atoms with E-state index in [1.54, 1.807) is 20.4 Å². The number of sulfonamides is 1. The number of anilines is 2. The van der Waals surface area contributed by atoms with Crippen molar-refractivity contribution in [3.8, 4) is 22.8 Å². The van der Waals surface area contributed by atoms with E-state index in [1.165, 1.54) is 23.4 Å². The van der Waals surface area contributed by atoms with Crippen molar-refractivity contribution in [3.63, 3.8) is 0 Å². The molecular formula is C29H34N6O4S. The summed E-state index contributed by atoms with van der Waals surface area (Å²) in [5, 5.41) is 4.59. The average Bonchev–Trinajstić information content (AvgIpc) is 3.66. The number of piperidine rings is 1. The Balaban J connectivity index is 1.28. The van der Waals surface area contributed by atoms with E-state index in [1.807, 2.05) is 41.3 Å². The van der Waals surface area contributed by atoms with Crippen LogP contribution in [0.3, 0.4) is 0 Å². The molecule has 0 amide bonds. The second-order valence-electron chi connectivity index (χ2n) is 10.7. The zero-order valence-corrected chi connectivity index (χ0v) is 23.8. The first-order valence-corrected chi connectivity index (χ1v) is 15.4. The molecule has 0 unspecified atom stereocenters. The van der Waals surface area contributed by atoms with Gasteiger partial charge >= 0.3 is 0 Å². The molecule has 210 valence electrons. The molecule has 10 nitrogen and oxygen atoms in total. The number of aromatic nitrogens is 4. The molecule has 0 spiro atoms. The van der Waals surface area contributed by atoms with E-state index in [9.17, 15) is 8.42 Å². The molecule has 3 heterocycles. The van der Waals surface area contributed by atoms with E-state index in [0.29, 0.717) is 19.0 Å². The summed E-state index contributed by atoms with van der Waals surface area (Å²) in [6.07, 6.45) is 10.8. The van der Waals surface area contributed by atoms with Crippen LogP contribution in [0.2, 0.25) is 0 Å². The molecule has 11 heteroatoms.